The molecule has 36 heavy (non-hydrogen) atoms. The third kappa shape index (κ3) is 6.79. The molecule has 2 N–H and O–H groups in total. The lowest BCUT2D eigenvalue weighted by molar-refractivity contribution is -0.129. The molecule has 1 saturated heterocycles. The van der Waals surface area contributed by atoms with Crippen LogP contribution in [0.1, 0.15) is 49.0 Å². The molecule has 1 aliphatic rings. The highest BCUT2D eigenvalue weighted by atomic mass is 16.2. The highest BCUT2D eigenvalue weighted by Gasteiger charge is 2.30. The molecule has 0 saturated carbocycles. The maximum atomic E-state index is 13.3. The van der Waals surface area contributed by atoms with Crippen molar-refractivity contribution < 1.29 is 14.4 Å². The molecule has 6 heteroatoms. The van der Waals surface area contributed by atoms with Crippen molar-refractivity contribution in [1.82, 2.24) is 15.5 Å². The van der Waals surface area contributed by atoms with Crippen LogP contribution < -0.4 is 10.6 Å². The number of fused-ring (bicyclic) bond motifs is 1. The zero-order chi connectivity index (χ0) is 25.5. The van der Waals surface area contributed by atoms with E-state index in [0.717, 1.165) is 23.7 Å². The van der Waals surface area contributed by atoms with E-state index in [0.29, 0.717) is 31.5 Å². The number of nitrogens with one attached hydrogen (secondary N) is 2. The molecule has 1 fully saturated rings. The first kappa shape index (κ1) is 25.6. The van der Waals surface area contributed by atoms with Crippen LogP contribution >= 0.6 is 0 Å². The fourth-order valence-corrected chi connectivity index (χ4v) is 4.77. The van der Waals surface area contributed by atoms with E-state index in [2.05, 4.69) is 27.7 Å². The predicted molar refractivity (Wildman–Crippen MR) is 143 cm³/mol. The fourth-order valence-electron chi connectivity index (χ4n) is 4.77. The third-order valence-corrected chi connectivity index (χ3v) is 6.64. The van der Waals surface area contributed by atoms with Gasteiger partial charge in [0.25, 0.3) is 5.91 Å². The van der Waals surface area contributed by atoms with Crippen molar-refractivity contribution in [2.24, 2.45) is 5.92 Å². The molecule has 0 spiro atoms. The number of rotatable bonds is 8. The maximum Gasteiger partial charge on any atom is 0.251 e. The molecule has 0 aromatic heterocycles. The number of hydrogen-bond acceptors (Lipinski definition) is 4. The van der Waals surface area contributed by atoms with E-state index in [1.807, 2.05) is 68.4 Å². The summed E-state index contributed by atoms with van der Waals surface area (Å²) >= 11 is 0. The highest BCUT2D eigenvalue weighted by Crippen LogP contribution is 2.17. The Morgan fingerprint density at radius 2 is 1.69 bits per heavy atom. The van der Waals surface area contributed by atoms with Gasteiger partial charge in [-0.1, -0.05) is 74.5 Å². The average Bonchev–Trinajstić information content (AvgIpc) is 3.04. The molecule has 1 aliphatic heterocycles. The standard InChI is InChI=1S/C30H35N3O3/c1-21(2)17-27(32-29(35)25-15-14-23-11-6-7-12-24(23)18-25)30(36)31-26-13-8-16-33(20-28(26)34)19-22-9-4-3-5-10-22/h3-7,9-12,14-15,18,21,26-27H,8,13,16-17,19-20H2,1-2H3,(H,31,36)(H,32,35). The largest absolute Gasteiger partial charge is 0.344 e. The van der Waals surface area contributed by atoms with Crippen LogP contribution in [-0.2, 0) is 16.1 Å². The second kappa shape index (κ2) is 12.0. The van der Waals surface area contributed by atoms with Gasteiger partial charge in [-0.05, 0) is 60.2 Å². The van der Waals surface area contributed by atoms with Crippen LogP contribution in [0.4, 0.5) is 0 Å². The van der Waals surface area contributed by atoms with E-state index >= 15 is 0 Å². The number of Topliss-reactive ketones (excluding diaryl/α,β-unsaturated/α-hetero) is 1. The number of carbonyl (C=O) groups excluding carboxylic acids is 3. The number of likely N-dealkylation sites (tertiary alicyclic amines) is 1. The molecule has 188 valence electrons. The minimum atomic E-state index is -0.708. The summed E-state index contributed by atoms with van der Waals surface area (Å²) in [7, 11) is 0. The van der Waals surface area contributed by atoms with Gasteiger partial charge in [-0.15, -0.1) is 0 Å². The summed E-state index contributed by atoms with van der Waals surface area (Å²) in [6.45, 7) is 5.85. The molecule has 2 unspecified atom stereocenters. The first-order valence-electron chi connectivity index (χ1n) is 12.8. The van der Waals surface area contributed by atoms with Crippen molar-refractivity contribution in [2.75, 3.05) is 13.1 Å². The molecule has 0 radical (unpaired) electrons. The van der Waals surface area contributed by atoms with Crippen molar-refractivity contribution >= 4 is 28.4 Å². The van der Waals surface area contributed by atoms with Gasteiger partial charge in [0.15, 0.2) is 5.78 Å². The summed E-state index contributed by atoms with van der Waals surface area (Å²) < 4.78 is 0. The first-order chi connectivity index (χ1) is 17.4. The van der Waals surface area contributed by atoms with Crippen LogP contribution in [0, 0.1) is 5.92 Å². The van der Waals surface area contributed by atoms with Gasteiger partial charge in [0.05, 0.1) is 12.6 Å². The van der Waals surface area contributed by atoms with Gasteiger partial charge in [0.1, 0.15) is 6.04 Å². The molecular weight excluding hydrogens is 450 g/mol. The summed E-state index contributed by atoms with van der Waals surface area (Å²) in [5, 5.41) is 7.90. The molecule has 1 heterocycles. The van der Waals surface area contributed by atoms with Crippen LogP contribution in [0.2, 0.25) is 0 Å². The van der Waals surface area contributed by atoms with Gasteiger partial charge in [-0.25, -0.2) is 0 Å². The third-order valence-electron chi connectivity index (χ3n) is 6.64. The number of ketones is 1. The quantitative estimate of drug-likeness (QED) is 0.498. The Morgan fingerprint density at radius 1 is 0.972 bits per heavy atom. The number of nitrogens with zero attached hydrogens (tertiary/aromatic N) is 1. The van der Waals surface area contributed by atoms with Crippen molar-refractivity contribution in [1.29, 1.82) is 0 Å². The maximum absolute atomic E-state index is 13.3. The topological polar surface area (TPSA) is 78.5 Å². The van der Waals surface area contributed by atoms with Gasteiger partial charge in [0.2, 0.25) is 5.91 Å². The summed E-state index contributed by atoms with van der Waals surface area (Å²) in [5.41, 5.74) is 1.68. The minimum Gasteiger partial charge on any atom is -0.344 e. The van der Waals surface area contributed by atoms with Crippen molar-refractivity contribution in [3.05, 3.63) is 83.9 Å². The van der Waals surface area contributed by atoms with Crippen LogP contribution in [0.15, 0.2) is 72.8 Å². The van der Waals surface area contributed by atoms with Crippen molar-refractivity contribution in [3.63, 3.8) is 0 Å². The summed E-state index contributed by atoms with van der Waals surface area (Å²) in [4.78, 5) is 41.5. The van der Waals surface area contributed by atoms with Crippen LogP contribution in [0.5, 0.6) is 0 Å². The average molecular weight is 486 g/mol. The summed E-state index contributed by atoms with van der Waals surface area (Å²) in [6.07, 6.45) is 1.91. The van der Waals surface area contributed by atoms with Gasteiger partial charge in [0, 0.05) is 12.1 Å². The first-order valence-corrected chi connectivity index (χ1v) is 12.8. The molecule has 2 amide bonds. The number of carbonyl (C=O) groups is 3. The van der Waals surface area contributed by atoms with Crippen LogP contribution in [0.3, 0.4) is 0 Å². The molecule has 0 aliphatic carbocycles. The SMILES string of the molecule is CC(C)CC(NC(=O)c1ccc2ccccc2c1)C(=O)NC1CCCN(Cc2ccccc2)CC1=O. The smallest absolute Gasteiger partial charge is 0.251 e. The van der Waals surface area contributed by atoms with Gasteiger partial charge < -0.3 is 10.6 Å². The minimum absolute atomic E-state index is 0.0148. The predicted octanol–water partition coefficient (Wildman–Crippen LogP) is 4.33. The van der Waals surface area contributed by atoms with E-state index in [4.69, 9.17) is 0 Å². The lowest BCUT2D eigenvalue weighted by Crippen LogP contribution is -2.52. The number of hydrogen-bond donors (Lipinski definition) is 2. The summed E-state index contributed by atoms with van der Waals surface area (Å²) in [6, 6.07) is 22.2. The molecular formula is C30H35N3O3. The van der Waals surface area contributed by atoms with Crippen molar-refractivity contribution in [3.8, 4) is 0 Å². The van der Waals surface area contributed by atoms with E-state index < -0.39 is 12.1 Å². The van der Waals surface area contributed by atoms with Gasteiger partial charge >= 0.3 is 0 Å². The highest BCUT2D eigenvalue weighted by molar-refractivity contribution is 6.01. The molecule has 4 rings (SSSR count). The molecule has 2 atom stereocenters. The zero-order valence-corrected chi connectivity index (χ0v) is 21.1. The van der Waals surface area contributed by atoms with Gasteiger partial charge in [-0.2, -0.15) is 0 Å². The second-order valence-corrected chi connectivity index (χ2v) is 10.1. The lowest BCUT2D eigenvalue weighted by atomic mass is 10.0. The Bertz CT molecular complexity index is 1210. The van der Waals surface area contributed by atoms with E-state index in [1.165, 1.54) is 5.56 Å². The van der Waals surface area contributed by atoms with E-state index in [-0.39, 0.29) is 23.5 Å². The molecule has 3 aromatic carbocycles. The number of amides is 2. The van der Waals surface area contributed by atoms with E-state index in [1.54, 1.807) is 6.07 Å². The Kier molecular flexibility index (Phi) is 8.49. The fraction of sp³-hybridized carbons (Fsp3) is 0.367. The van der Waals surface area contributed by atoms with Crippen LogP contribution in [0.25, 0.3) is 10.8 Å². The Morgan fingerprint density at radius 3 is 2.44 bits per heavy atom. The Labute approximate surface area is 213 Å². The van der Waals surface area contributed by atoms with Crippen molar-refractivity contribution in [2.45, 2.75) is 51.7 Å². The van der Waals surface area contributed by atoms with E-state index in [9.17, 15) is 14.4 Å². The zero-order valence-electron chi connectivity index (χ0n) is 21.1. The molecule has 3 aromatic rings. The molecule has 6 nitrogen and oxygen atoms in total. The monoisotopic (exact) mass is 485 g/mol. The molecule has 0 bridgehead atoms. The van der Waals surface area contributed by atoms with Gasteiger partial charge in [-0.3, -0.25) is 19.3 Å². The lowest BCUT2D eigenvalue weighted by Gasteiger charge is -2.24. The summed E-state index contributed by atoms with van der Waals surface area (Å²) in [5.74, 6) is -0.375. The second-order valence-electron chi connectivity index (χ2n) is 10.1. The Balaban J connectivity index is 1.40. The normalized spacial score (nSPS) is 17.5. The van der Waals surface area contributed by atoms with Crippen LogP contribution in [-0.4, -0.2) is 47.7 Å². The number of benzene rings is 3. The Hall–Kier alpha value is -3.51.